The summed E-state index contributed by atoms with van der Waals surface area (Å²) in [4.78, 5) is 35.3. The molecule has 0 fully saturated rings. The number of carbonyl (C=O) groups is 3. The van der Waals surface area contributed by atoms with Crippen molar-refractivity contribution < 1.29 is 19.5 Å². The molecule has 1 aromatic carbocycles. The Bertz CT molecular complexity index is 513. The number of urea groups is 1. The second-order valence-electron chi connectivity index (χ2n) is 4.52. The molecular formula is C14H19N3O4. The average Bonchev–Trinajstić information content (AvgIpc) is 2.45. The Balaban J connectivity index is 2.51. The van der Waals surface area contributed by atoms with E-state index >= 15 is 0 Å². The summed E-state index contributed by atoms with van der Waals surface area (Å²) in [6.45, 7) is 2.47. The van der Waals surface area contributed by atoms with E-state index in [9.17, 15) is 14.4 Å². The van der Waals surface area contributed by atoms with Crippen LogP contribution in [-0.4, -0.2) is 48.1 Å². The van der Waals surface area contributed by atoms with Crippen molar-refractivity contribution in [2.45, 2.75) is 13.3 Å². The number of carboxylic acids is 1. The second-order valence-corrected chi connectivity index (χ2v) is 4.52. The van der Waals surface area contributed by atoms with Crippen molar-refractivity contribution in [2.24, 2.45) is 0 Å². The first-order chi connectivity index (χ1) is 9.93. The zero-order valence-electron chi connectivity index (χ0n) is 12.0. The van der Waals surface area contributed by atoms with Gasteiger partial charge in [-0.2, -0.15) is 0 Å². The first kappa shape index (κ1) is 16.5. The molecule has 114 valence electrons. The highest BCUT2D eigenvalue weighted by atomic mass is 16.4. The molecule has 0 spiro atoms. The van der Waals surface area contributed by atoms with Gasteiger partial charge in [0.1, 0.15) is 6.54 Å². The number of nitrogens with zero attached hydrogens (tertiary/aromatic N) is 1. The standard InChI is InChI=1S/C14H19N3O4/c1-3-8-15-12(18)9-17(2)14(21)16-11-6-4-10(5-7-11)13(19)20/h4-7H,3,8-9H2,1-2H3,(H,15,18)(H,16,21)(H,19,20). The van der Waals surface area contributed by atoms with Crippen LogP contribution in [-0.2, 0) is 4.79 Å². The van der Waals surface area contributed by atoms with Crippen LogP contribution in [0.1, 0.15) is 23.7 Å². The minimum Gasteiger partial charge on any atom is -0.478 e. The van der Waals surface area contributed by atoms with Gasteiger partial charge in [-0.1, -0.05) is 6.92 Å². The fourth-order valence-corrected chi connectivity index (χ4v) is 1.52. The maximum Gasteiger partial charge on any atom is 0.335 e. The zero-order valence-corrected chi connectivity index (χ0v) is 12.0. The van der Waals surface area contributed by atoms with Gasteiger partial charge in [0.15, 0.2) is 0 Å². The SMILES string of the molecule is CCCNC(=O)CN(C)C(=O)Nc1ccc(C(=O)O)cc1. The fourth-order valence-electron chi connectivity index (χ4n) is 1.52. The monoisotopic (exact) mass is 293 g/mol. The molecule has 21 heavy (non-hydrogen) atoms. The van der Waals surface area contributed by atoms with Crippen LogP contribution < -0.4 is 10.6 Å². The molecule has 0 radical (unpaired) electrons. The molecule has 0 atom stereocenters. The number of carboxylic acid groups (broad SMARTS) is 1. The van der Waals surface area contributed by atoms with Gasteiger partial charge < -0.3 is 20.6 Å². The number of aromatic carboxylic acids is 1. The van der Waals surface area contributed by atoms with Crippen LogP contribution in [0.5, 0.6) is 0 Å². The number of rotatable bonds is 6. The smallest absolute Gasteiger partial charge is 0.335 e. The Morgan fingerprint density at radius 3 is 2.33 bits per heavy atom. The van der Waals surface area contributed by atoms with E-state index in [1.165, 1.54) is 36.2 Å². The summed E-state index contributed by atoms with van der Waals surface area (Å²) in [7, 11) is 1.51. The summed E-state index contributed by atoms with van der Waals surface area (Å²) in [5.41, 5.74) is 0.603. The summed E-state index contributed by atoms with van der Waals surface area (Å²) in [5.74, 6) is -1.26. The Morgan fingerprint density at radius 1 is 1.19 bits per heavy atom. The molecule has 0 bridgehead atoms. The van der Waals surface area contributed by atoms with Gasteiger partial charge in [-0.15, -0.1) is 0 Å². The van der Waals surface area contributed by atoms with Crippen molar-refractivity contribution in [1.29, 1.82) is 0 Å². The number of hydrogen-bond donors (Lipinski definition) is 3. The molecule has 7 heteroatoms. The van der Waals surface area contributed by atoms with Crippen LogP contribution in [0, 0.1) is 0 Å². The van der Waals surface area contributed by atoms with Crippen molar-refractivity contribution in [3.05, 3.63) is 29.8 Å². The molecular weight excluding hydrogens is 274 g/mol. The van der Waals surface area contributed by atoms with E-state index in [0.717, 1.165) is 6.42 Å². The third-order valence-corrected chi connectivity index (χ3v) is 2.68. The van der Waals surface area contributed by atoms with E-state index in [1.807, 2.05) is 6.92 Å². The highest BCUT2D eigenvalue weighted by molar-refractivity contribution is 5.93. The maximum atomic E-state index is 11.9. The highest BCUT2D eigenvalue weighted by Crippen LogP contribution is 2.10. The molecule has 7 nitrogen and oxygen atoms in total. The van der Waals surface area contributed by atoms with Gasteiger partial charge in [0.05, 0.1) is 5.56 Å². The third-order valence-electron chi connectivity index (χ3n) is 2.68. The van der Waals surface area contributed by atoms with Gasteiger partial charge in [-0.3, -0.25) is 4.79 Å². The molecule has 1 aromatic rings. The summed E-state index contributed by atoms with van der Waals surface area (Å²) in [6.07, 6.45) is 0.831. The van der Waals surface area contributed by atoms with E-state index in [4.69, 9.17) is 5.11 Å². The Hall–Kier alpha value is -2.57. The van der Waals surface area contributed by atoms with Gasteiger partial charge in [0, 0.05) is 19.3 Å². The van der Waals surface area contributed by atoms with E-state index in [1.54, 1.807) is 0 Å². The van der Waals surface area contributed by atoms with Gasteiger partial charge in [-0.05, 0) is 30.7 Å². The van der Waals surface area contributed by atoms with Crippen LogP contribution in [0.2, 0.25) is 0 Å². The lowest BCUT2D eigenvalue weighted by Gasteiger charge is -2.17. The zero-order chi connectivity index (χ0) is 15.8. The fraction of sp³-hybridized carbons (Fsp3) is 0.357. The van der Waals surface area contributed by atoms with E-state index < -0.39 is 12.0 Å². The minimum atomic E-state index is -1.03. The van der Waals surface area contributed by atoms with Crippen molar-refractivity contribution in [1.82, 2.24) is 10.2 Å². The number of nitrogens with one attached hydrogen (secondary N) is 2. The van der Waals surface area contributed by atoms with Crippen LogP contribution >= 0.6 is 0 Å². The quantitative estimate of drug-likeness (QED) is 0.737. The second kappa shape index (κ2) is 7.88. The molecule has 0 aliphatic rings. The molecule has 0 saturated heterocycles. The molecule has 0 saturated carbocycles. The first-order valence-electron chi connectivity index (χ1n) is 6.56. The predicted molar refractivity (Wildman–Crippen MR) is 78.4 cm³/mol. The summed E-state index contributed by atoms with van der Waals surface area (Å²) < 4.78 is 0. The average molecular weight is 293 g/mol. The summed E-state index contributed by atoms with van der Waals surface area (Å²) >= 11 is 0. The van der Waals surface area contributed by atoms with E-state index in [2.05, 4.69) is 10.6 Å². The summed E-state index contributed by atoms with van der Waals surface area (Å²) in [6, 6.07) is 5.33. The molecule has 3 amide bonds. The van der Waals surface area contributed by atoms with Crippen LogP contribution in [0.3, 0.4) is 0 Å². The normalized spacial score (nSPS) is 9.81. The Kier molecular flexibility index (Phi) is 6.19. The predicted octanol–water partition coefficient (Wildman–Crippen LogP) is 1.37. The lowest BCUT2D eigenvalue weighted by molar-refractivity contribution is -0.121. The number of hydrogen-bond acceptors (Lipinski definition) is 3. The van der Waals surface area contributed by atoms with Gasteiger partial charge in [-0.25, -0.2) is 9.59 Å². The van der Waals surface area contributed by atoms with Crippen LogP contribution in [0.15, 0.2) is 24.3 Å². The van der Waals surface area contributed by atoms with Gasteiger partial charge in [0.2, 0.25) is 5.91 Å². The van der Waals surface area contributed by atoms with E-state index in [-0.39, 0.29) is 18.0 Å². The van der Waals surface area contributed by atoms with Crippen LogP contribution in [0.4, 0.5) is 10.5 Å². The Morgan fingerprint density at radius 2 is 1.81 bits per heavy atom. The lowest BCUT2D eigenvalue weighted by atomic mass is 10.2. The van der Waals surface area contributed by atoms with Crippen molar-refractivity contribution in [3.8, 4) is 0 Å². The largest absolute Gasteiger partial charge is 0.478 e. The number of likely N-dealkylation sites (N-methyl/N-ethyl adjacent to an activating group) is 1. The first-order valence-corrected chi connectivity index (χ1v) is 6.56. The third kappa shape index (κ3) is 5.52. The Labute approximate surface area is 122 Å². The summed E-state index contributed by atoms with van der Waals surface area (Å²) in [5, 5.41) is 14.0. The molecule has 0 aliphatic heterocycles. The number of anilines is 1. The number of carbonyl (C=O) groups excluding carboxylic acids is 2. The molecule has 0 heterocycles. The molecule has 0 aromatic heterocycles. The maximum absolute atomic E-state index is 11.9. The van der Waals surface area contributed by atoms with E-state index in [0.29, 0.717) is 12.2 Å². The van der Waals surface area contributed by atoms with Crippen molar-refractivity contribution in [2.75, 3.05) is 25.5 Å². The number of amides is 3. The molecule has 0 aliphatic carbocycles. The lowest BCUT2D eigenvalue weighted by Crippen LogP contribution is -2.40. The molecule has 1 rings (SSSR count). The molecule has 0 unspecified atom stereocenters. The minimum absolute atomic E-state index is 0.0426. The van der Waals surface area contributed by atoms with Gasteiger partial charge in [0.25, 0.3) is 0 Å². The number of benzene rings is 1. The topological polar surface area (TPSA) is 98.7 Å². The van der Waals surface area contributed by atoms with Crippen molar-refractivity contribution >= 4 is 23.6 Å². The van der Waals surface area contributed by atoms with Crippen LogP contribution in [0.25, 0.3) is 0 Å². The highest BCUT2D eigenvalue weighted by Gasteiger charge is 2.12. The molecule has 3 N–H and O–H groups in total. The van der Waals surface area contributed by atoms with Gasteiger partial charge >= 0.3 is 12.0 Å². The van der Waals surface area contributed by atoms with Crippen molar-refractivity contribution in [3.63, 3.8) is 0 Å².